The van der Waals surface area contributed by atoms with E-state index in [9.17, 15) is 9.18 Å². The van der Waals surface area contributed by atoms with Gasteiger partial charge < -0.3 is 4.90 Å². The van der Waals surface area contributed by atoms with Crippen molar-refractivity contribution >= 4 is 40.1 Å². The molecule has 1 amide bonds. The molecule has 1 fully saturated rings. The van der Waals surface area contributed by atoms with Gasteiger partial charge in [0.1, 0.15) is 5.82 Å². The summed E-state index contributed by atoms with van der Waals surface area (Å²) in [6, 6.07) is 2.74. The van der Waals surface area contributed by atoms with Gasteiger partial charge >= 0.3 is 0 Å². The lowest BCUT2D eigenvalue weighted by Gasteiger charge is -2.31. The van der Waals surface area contributed by atoms with Crippen molar-refractivity contribution in [3.63, 3.8) is 0 Å². The van der Waals surface area contributed by atoms with Crippen LogP contribution in [0.15, 0.2) is 12.1 Å². The molecule has 0 N–H and O–H groups in total. The fraction of sp³-hybridized carbons (Fsp3) is 0.462. The Hall–Kier alpha value is -0.360. The fourth-order valence-corrected chi connectivity index (χ4v) is 2.93. The Kier molecular flexibility index (Phi) is 4.48. The van der Waals surface area contributed by atoms with Crippen LogP contribution in [0, 0.1) is 15.3 Å². The highest BCUT2D eigenvalue weighted by Gasteiger charge is 2.24. The maximum absolute atomic E-state index is 13.3. The number of hydrogen-bond acceptors (Lipinski definition) is 1. The number of hydrogen-bond donors (Lipinski definition) is 0. The maximum atomic E-state index is 13.3. The zero-order valence-electron chi connectivity index (χ0n) is 10.0. The normalized spacial score (nSPS) is 20.0. The van der Waals surface area contributed by atoms with Gasteiger partial charge in [0.15, 0.2) is 0 Å². The summed E-state index contributed by atoms with van der Waals surface area (Å²) in [6.07, 6.45) is 2.17. The van der Waals surface area contributed by atoms with E-state index in [2.05, 4.69) is 6.92 Å². The van der Waals surface area contributed by atoms with Crippen molar-refractivity contribution in [1.82, 2.24) is 4.90 Å². The molecule has 1 aromatic rings. The van der Waals surface area contributed by atoms with Crippen molar-refractivity contribution < 1.29 is 9.18 Å². The zero-order chi connectivity index (χ0) is 13.3. The molecule has 98 valence electrons. The summed E-state index contributed by atoms with van der Waals surface area (Å²) in [7, 11) is 0. The summed E-state index contributed by atoms with van der Waals surface area (Å²) >= 11 is 7.83. The molecule has 2 rings (SSSR count). The van der Waals surface area contributed by atoms with E-state index in [0.29, 0.717) is 15.1 Å². The third-order valence-corrected chi connectivity index (χ3v) is 4.32. The van der Waals surface area contributed by atoms with Gasteiger partial charge in [-0.3, -0.25) is 4.79 Å². The number of nitrogens with zero attached hydrogens (tertiary/aromatic N) is 1. The molecular formula is C13H14ClFINO. The second-order valence-corrected chi connectivity index (χ2v) is 6.31. The van der Waals surface area contributed by atoms with E-state index >= 15 is 0 Å². The van der Waals surface area contributed by atoms with Crippen molar-refractivity contribution in [1.29, 1.82) is 0 Å². The molecule has 1 aliphatic heterocycles. The Balaban J connectivity index is 2.25. The molecule has 1 saturated heterocycles. The summed E-state index contributed by atoms with van der Waals surface area (Å²) in [5.74, 6) is 0.0367. The van der Waals surface area contributed by atoms with E-state index in [0.717, 1.165) is 25.9 Å². The van der Waals surface area contributed by atoms with Crippen LogP contribution in [0.5, 0.6) is 0 Å². The average Bonchev–Trinajstić information content (AvgIpc) is 2.33. The average molecular weight is 382 g/mol. The predicted molar refractivity (Wildman–Crippen MR) is 78.4 cm³/mol. The quantitative estimate of drug-likeness (QED) is 0.533. The van der Waals surface area contributed by atoms with Crippen LogP contribution in [0.3, 0.4) is 0 Å². The van der Waals surface area contributed by atoms with Gasteiger partial charge in [0.25, 0.3) is 5.91 Å². The van der Waals surface area contributed by atoms with Crippen molar-refractivity contribution in [3.8, 4) is 0 Å². The molecule has 0 radical (unpaired) electrons. The van der Waals surface area contributed by atoms with Crippen LogP contribution < -0.4 is 0 Å². The smallest absolute Gasteiger partial charge is 0.255 e. The highest BCUT2D eigenvalue weighted by atomic mass is 127. The molecule has 1 aromatic carbocycles. The Morgan fingerprint density at radius 2 is 2.28 bits per heavy atom. The Labute approximate surface area is 125 Å². The number of carbonyl (C=O) groups excluding carboxylic acids is 1. The molecule has 0 bridgehead atoms. The number of amides is 1. The molecule has 18 heavy (non-hydrogen) atoms. The summed E-state index contributed by atoms with van der Waals surface area (Å²) in [4.78, 5) is 14.2. The molecule has 1 aliphatic rings. The number of benzene rings is 1. The van der Waals surface area contributed by atoms with Gasteiger partial charge in [0.05, 0.1) is 10.6 Å². The molecule has 2 nitrogen and oxygen atoms in total. The number of likely N-dealkylation sites (tertiary alicyclic amines) is 1. The number of rotatable bonds is 1. The summed E-state index contributed by atoms with van der Waals surface area (Å²) in [6.45, 7) is 3.64. The van der Waals surface area contributed by atoms with E-state index in [1.54, 1.807) is 0 Å². The Morgan fingerprint density at radius 3 is 2.94 bits per heavy atom. The minimum absolute atomic E-state index is 0.0931. The predicted octanol–water partition coefficient (Wildman–Crippen LogP) is 3.96. The second kappa shape index (κ2) is 5.74. The molecule has 1 atom stereocenters. The third-order valence-electron chi connectivity index (χ3n) is 3.18. The molecule has 0 aromatic heterocycles. The van der Waals surface area contributed by atoms with E-state index in [4.69, 9.17) is 11.6 Å². The van der Waals surface area contributed by atoms with Crippen molar-refractivity contribution in [3.05, 3.63) is 32.1 Å². The van der Waals surface area contributed by atoms with E-state index in [1.807, 2.05) is 27.5 Å². The molecule has 1 unspecified atom stereocenters. The first kappa shape index (κ1) is 14.1. The lowest BCUT2D eigenvalue weighted by Crippen LogP contribution is -2.39. The first-order chi connectivity index (χ1) is 8.49. The summed E-state index contributed by atoms with van der Waals surface area (Å²) < 4.78 is 13.7. The number of piperidine rings is 1. The summed E-state index contributed by atoms with van der Waals surface area (Å²) in [5, 5.41) is 0.191. The summed E-state index contributed by atoms with van der Waals surface area (Å²) in [5.41, 5.74) is 0.400. The largest absolute Gasteiger partial charge is 0.338 e. The van der Waals surface area contributed by atoms with Gasteiger partial charge in [0.2, 0.25) is 0 Å². The Bertz CT molecular complexity index is 480. The zero-order valence-corrected chi connectivity index (χ0v) is 13.0. The van der Waals surface area contributed by atoms with Gasteiger partial charge in [-0.05, 0) is 53.5 Å². The monoisotopic (exact) mass is 381 g/mol. The van der Waals surface area contributed by atoms with Gasteiger partial charge in [-0.15, -0.1) is 0 Å². The van der Waals surface area contributed by atoms with Gasteiger partial charge in [-0.25, -0.2) is 4.39 Å². The van der Waals surface area contributed by atoms with E-state index in [1.165, 1.54) is 12.1 Å². The third kappa shape index (κ3) is 2.96. The van der Waals surface area contributed by atoms with Crippen molar-refractivity contribution in [2.75, 3.05) is 13.1 Å². The first-order valence-corrected chi connectivity index (χ1v) is 7.38. The van der Waals surface area contributed by atoms with Crippen LogP contribution >= 0.6 is 34.2 Å². The minimum atomic E-state index is -0.385. The van der Waals surface area contributed by atoms with Crippen LogP contribution in [-0.2, 0) is 0 Å². The molecule has 0 saturated carbocycles. The van der Waals surface area contributed by atoms with Gasteiger partial charge in [-0.2, -0.15) is 0 Å². The molecule has 1 heterocycles. The van der Waals surface area contributed by atoms with Crippen molar-refractivity contribution in [2.45, 2.75) is 19.8 Å². The number of halogens is 3. The van der Waals surface area contributed by atoms with Crippen LogP contribution in [0.1, 0.15) is 30.1 Å². The van der Waals surface area contributed by atoms with Crippen LogP contribution in [0.4, 0.5) is 4.39 Å². The lowest BCUT2D eigenvalue weighted by molar-refractivity contribution is 0.0683. The Morgan fingerprint density at radius 1 is 1.56 bits per heavy atom. The molecule has 0 aliphatic carbocycles. The molecule has 0 spiro atoms. The standard InChI is InChI=1S/C13H14ClFINO/c1-8-3-2-4-17(7-8)13(18)9-5-12(16)11(15)6-10(9)14/h5-6,8H,2-4,7H2,1H3. The maximum Gasteiger partial charge on any atom is 0.255 e. The lowest BCUT2D eigenvalue weighted by atomic mass is 9.99. The van der Waals surface area contributed by atoms with Gasteiger partial charge in [0, 0.05) is 16.7 Å². The topological polar surface area (TPSA) is 20.3 Å². The fourth-order valence-electron chi connectivity index (χ4n) is 2.23. The van der Waals surface area contributed by atoms with E-state index in [-0.39, 0.29) is 16.7 Å². The van der Waals surface area contributed by atoms with E-state index < -0.39 is 0 Å². The number of carbonyl (C=O) groups is 1. The molecule has 5 heteroatoms. The molecular weight excluding hydrogens is 368 g/mol. The highest BCUT2D eigenvalue weighted by Crippen LogP contribution is 2.25. The SMILES string of the molecule is CC1CCCN(C(=O)c2cc(I)c(F)cc2Cl)C1. The second-order valence-electron chi connectivity index (χ2n) is 4.74. The van der Waals surface area contributed by atoms with Crippen LogP contribution in [0.2, 0.25) is 5.02 Å². The highest BCUT2D eigenvalue weighted by molar-refractivity contribution is 14.1. The first-order valence-electron chi connectivity index (χ1n) is 5.93. The van der Waals surface area contributed by atoms with Gasteiger partial charge in [-0.1, -0.05) is 18.5 Å². The minimum Gasteiger partial charge on any atom is -0.338 e. The van der Waals surface area contributed by atoms with Crippen LogP contribution in [-0.4, -0.2) is 23.9 Å². The van der Waals surface area contributed by atoms with Crippen molar-refractivity contribution in [2.24, 2.45) is 5.92 Å². The van der Waals surface area contributed by atoms with Crippen LogP contribution in [0.25, 0.3) is 0 Å².